The summed E-state index contributed by atoms with van der Waals surface area (Å²) >= 11 is 1.34. The highest BCUT2D eigenvalue weighted by molar-refractivity contribution is 7.99. The van der Waals surface area contributed by atoms with E-state index in [1.165, 1.54) is 18.7 Å². The van der Waals surface area contributed by atoms with Gasteiger partial charge in [-0.3, -0.25) is 4.79 Å². The molecule has 0 aliphatic rings. The molecule has 1 rings (SSSR count). The molecule has 0 fully saturated rings. The SMILES string of the molecule is CC(=O)NC(CSc1ccoc1C)C(=O)O. The van der Waals surface area contributed by atoms with Crippen molar-refractivity contribution in [3.05, 3.63) is 18.1 Å². The maximum atomic E-state index is 10.8. The highest BCUT2D eigenvalue weighted by Gasteiger charge is 2.19. The normalized spacial score (nSPS) is 12.1. The number of hydrogen-bond donors (Lipinski definition) is 2. The molecule has 1 atom stereocenters. The van der Waals surface area contributed by atoms with Crippen molar-refractivity contribution in [3.63, 3.8) is 0 Å². The molecule has 0 aromatic carbocycles. The number of carboxylic acids is 1. The second-order valence-corrected chi connectivity index (χ2v) is 4.31. The quantitative estimate of drug-likeness (QED) is 0.761. The second kappa shape index (κ2) is 5.60. The van der Waals surface area contributed by atoms with Gasteiger partial charge in [-0.15, -0.1) is 11.8 Å². The Hall–Kier alpha value is -1.43. The third-order valence-corrected chi connectivity index (χ3v) is 3.13. The largest absolute Gasteiger partial charge is 0.480 e. The lowest BCUT2D eigenvalue weighted by Gasteiger charge is -2.12. The molecular weight excluding hydrogens is 230 g/mol. The predicted molar refractivity (Wildman–Crippen MR) is 59.4 cm³/mol. The van der Waals surface area contributed by atoms with Gasteiger partial charge in [0.05, 0.1) is 6.26 Å². The number of rotatable bonds is 5. The Morgan fingerprint density at radius 1 is 1.62 bits per heavy atom. The van der Waals surface area contributed by atoms with Crippen molar-refractivity contribution in [2.24, 2.45) is 0 Å². The highest BCUT2D eigenvalue weighted by Crippen LogP contribution is 2.23. The van der Waals surface area contributed by atoms with E-state index >= 15 is 0 Å². The Balaban J connectivity index is 2.53. The van der Waals surface area contributed by atoms with Gasteiger partial charge in [-0.1, -0.05) is 0 Å². The summed E-state index contributed by atoms with van der Waals surface area (Å²) in [6, 6.07) is 0.893. The number of aryl methyl sites for hydroxylation is 1. The highest BCUT2D eigenvalue weighted by atomic mass is 32.2. The summed E-state index contributed by atoms with van der Waals surface area (Å²) in [7, 11) is 0. The van der Waals surface area contributed by atoms with E-state index in [2.05, 4.69) is 5.32 Å². The van der Waals surface area contributed by atoms with Crippen molar-refractivity contribution >= 4 is 23.6 Å². The molecular formula is C10H13NO4S. The second-order valence-electron chi connectivity index (χ2n) is 3.24. The molecule has 0 aliphatic heterocycles. The molecule has 5 nitrogen and oxygen atoms in total. The van der Waals surface area contributed by atoms with Crippen LogP contribution >= 0.6 is 11.8 Å². The van der Waals surface area contributed by atoms with Crippen molar-refractivity contribution in [2.45, 2.75) is 24.8 Å². The fourth-order valence-electron chi connectivity index (χ4n) is 1.12. The van der Waals surface area contributed by atoms with Crippen LogP contribution in [0.4, 0.5) is 0 Å². The Morgan fingerprint density at radius 2 is 2.31 bits per heavy atom. The van der Waals surface area contributed by atoms with Crippen molar-refractivity contribution in [2.75, 3.05) is 5.75 Å². The van der Waals surface area contributed by atoms with Gasteiger partial charge in [0.25, 0.3) is 0 Å². The molecule has 1 heterocycles. The van der Waals surface area contributed by atoms with E-state index in [0.717, 1.165) is 10.7 Å². The third-order valence-electron chi connectivity index (χ3n) is 1.89. The standard InChI is InChI=1S/C10H13NO4S/c1-6-9(3-4-15-6)16-5-8(10(13)14)11-7(2)12/h3-4,8H,5H2,1-2H3,(H,11,12)(H,13,14). The van der Waals surface area contributed by atoms with Gasteiger partial charge in [-0.25, -0.2) is 4.79 Å². The zero-order chi connectivity index (χ0) is 12.1. The zero-order valence-corrected chi connectivity index (χ0v) is 9.84. The monoisotopic (exact) mass is 243 g/mol. The fraction of sp³-hybridized carbons (Fsp3) is 0.400. The van der Waals surface area contributed by atoms with Gasteiger partial charge in [-0.2, -0.15) is 0 Å². The average molecular weight is 243 g/mol. The molecule has 1 amide bonds. The Morgan fingerprint density at radius 3 is 2.75 bits per heavy atom. The molecule has 0 saturated carbocycles. The van der Waals surface area contributed by atoms with E-state index in [1.54, 1.807) is 19.3 Å². The van der Waals surface area contributed by atoms with Crippen LogP contribution in [0.5, 0.6) is 0 Å². The Kier molecular flexibility index (Phi) is 4.42. The number of aliphatic carboxylic acids is 1. The lowest BCUT2D eigenvalue weighted by atomic mass is 10.3. The number of amides is 1. The molecule has 6 heteroatoms. The van der Waals surface area contributed by atoms with Crippen LogP contribution in [0, 0.1) is 6.92 Å². The number of carbonyl (C=O) groups is 2. The molecule has 0 saturated heterocycles. The maximum Gasteiger partial charge on any atom is 0.327 e. The summed E-state index contributed by atoms with van der Waals surface area (Å²) in [5.41, 5.74) is 0. The summed E-state index contributed by atoms with van der Waals surface area (Å²) in [5, 5.41) is 11.2. The van der Waals surface area contributed by atoms with E-state index < -0.39 is 12.0 Å². The first-order valence-electron chi connectivity index (χ1n) is 4.67. The molecule has 88 valence electrons. The summed E-state index contributed by atoms with van der Waals surface area (Å²) in [6.45, 7) is 3.10. The summed E-state index contributed by atoms with van der Waals surface area (Å²) in [6.07, 6.45) is 1.55. The number of furan rings is 1. The lowest BCUT2D eigenvalue weighted by molar-refractivity contribution is -0.140. The summed E-state index contributed by atoms with van der Waals surface area (Å²) < 4.78 is 5.08. The number of carboxylic acid groups (broad SMARTS) is 1. The molecule has 0 spiro atoms. The first-order valence-corrected chi connectivity index (χ1v) is 5.66. The fourth-order valence-corrected chi connectivity index (χ4v) is 2.09. The number of carbonyl (C=O) groups excluding carboxylic acids is 1. The van der Waals surface area contributed by atoms with Crippen LogP contribution in [-0.2, 0) is 9.59 Å². The zero-order valence-electron chi connectivity index (χ0n) is 9.02. The number of thioether (sulfide) groups is 1. The molecule has 1 aromatic heterocycles. The van der Waals surface area contributed by atoms with Crippen LogP contribution < -0.4 is 5.32 Å². The van der Waals surface area contributed by atoms with Crippen molar-refractivity contribution in [1.29, 1.82) is 0 Å². The van der Waals surface area contributed by atoms with E-state index in [1.807, 2.05) is 0 Å². The minimum absolute atomic E-state index is 0.273. The topological polar surface area (TPSA) is 79.5 Å². The van der Waals surface area contributed by atoms with Crippen LogP contribution in [0.15, 0.2) is 21.6 Å². The van der Waals surface area contributed by atoms with Gasteiger partial charge in [0.1, 0.15) is 11.8 Å². The molecule has 0 bridgehead atoms. The maximum absolute atomic E-state index is 10.8. The molecule has 2 N–H and O–H groups in total. The minimum Gasteiger partial charge on any atom is -0.480 e. The van der Waals surface area contributed by atoms with Crippen molar-refractivity contribution in [3.8, 4) is 0 Å². The third kappa shape index (κ3) is 3.62. The van der Waals surface area contributed by atoms with Crippen LogP contribution in [0.3, 0.4) is 0 Å². The van der Waals surface area contributed by atoms with E-state index in [4.69, 9.17) is 9.52 Å². The van der Waals surface area contributed by atoms with Gasteiger partial charge >= 0.3 is 5.97 Å². The van der Waals surface area contributed by atoms with Gasteiger partial charge in [0, 0.05) is 17.6 Å². The van der Waals surface area contributed by atoms with Gasteiger partial charge in [0.15, 0.2) is 0 Å². The van der Waals surface area contributed by atoms with Gasteiger partial charge in [-0.05, 0) is 13.0 Å². The smallest absolute Gasteiger partial charge is 0.327 e. The van der Waals surface area contributed by atoms with Crippen molar-refractivity contribution < 1.29 is 19.1 Å². The number of hydrogen-bond acceptors (Lipinski definition) is 4. The van der Waals surface area contributed by atoms with Crippen LogP contribution in [0.2, 0.25) is 0 Å². The first-order chi connectivity index (χ1) is 7.50. The van der Waals surface area contributed by atoms with Crippen LogP contribution in [-0.4, -0.2) is 28.8 Å². The Bertz CT molecular complexity index is 388. The summed E-state index contributed by atoms with van der Waals surface area (Å²) in [5.74, 6) is -0.368. The van der Waals surface area contributed by atoms with E-state index in [9.17, 15) is 9.59 Å². The number of nitrogens with one attached hydrogen (secondary N) is 1. The lowest BCUT2D eigenvalue weighted by Crippen LogP contribution is -2.41. The molecule has 0 aliphatic carbocycles. The van der Waals surface area contributed by atoms with E-state index in [0.29, 0.717) is 0 Å². The Labute approximate surface area is 97.2 Å². The molecule has 0 radical (unpaired) electrons. The average Bonchev–Trinajstić information content (AvgIpc) is 2.57. The van der Waals surface area contributed by atoms with Gasteiger partial charge < -0.3 is 14.8 Å². The van der Waals surface area contributed by atoms with Crippen LogP contribution in [0.1, 0.15) is 12.7 Å². The first kappa shape index (κ1) is 12.6. The molecule has 1 aromatic rings. The molecule has 1 unspecified atom stereocenters. The van der Waals surface area contributed by atoms with E-state index in [-0.39, 0.29) is 11.7 Å². The van der Waals surface area contributed by atoms with Crippen LogP contribution in [0.25, 0.3) is 0 Å². The van der Waals surface area contributed by atoms with Crippen molar-refractivity contribution in [1.82, 2.24) is 5.32 Å². The summed E-state index contributed by atoms with van der Waals surface area (Å²) in [4.78, 5) is 22.5. The minimum atomic E-state index is -1.04. The predicted octanol–water partition coefficient (Wildman–Crippen LogP) is 1.27. The molecule has 16 heavy (non-hydrogen) atoms. The van der Waals surface area contributed by atoms with Gasteiger partial charge in [0.2, 0.25) is 5.91 Å².